The average Bonchev–Trinajstić information content (AvgIpc) is 2.38. The molecular weight excluding hydrogens is 264 g/mol. The molecule has 1 aromatic rings. The fourth-order valence-corrected chi connectivity index (χ4v) is 2.02. The van der Waals surface area contributed by atoms with Crippen molar-refractivity contribution in [3.8, 4) is 0 Å². The standard InChI is InChI=1S/C16H30N4O/c1-8-17-13-11-14(19-15(18-13)16(4,5)6)20(12(2)3)9-10-21-7/h11-12H,8-10H2,1-7H3,(H,17,18,19). The first-order valence-corrected chi connectivity index (χ1v) is 7.68. The molecule has 1 heterocycles. The number of anilines is 2. The van der Waals surface area contributed by atoms with Crippen molar-refractivity contribution in [3.05, 3.63) is 11.9 Å². The van der Waals surface area contributed by atoms with E-state index < -0.39 is 0 Å². The Balaban J connectivity index is 3.21. The van der Waals surface area contributed by atoms with Gasteiger partial charge in [0.05, 0.1) is 6.61 Å². The molecule has 0 saturated heterocycles. The summed E-state index contributed by atoms with van der Waals surface area (Å²) in [5, 5.41) is 3.30. The van der Waals surface area contributed by atoms with Gasteiger partial charge in [-0.3, -0.25) is 0 Å². The van der Waals surface area contributed by atoms with Crippen molar-refractivity contribution < 1.29 is 4.74 Å². The lowest BCUT2D eigenvalue weighted by Gasteiger charge is -2.29. The highest BCUT2D eigenvalue weighted by atomic mass is 16.5. The number of aromatic nitrogens is 2. The fraction of sp³-hybridized carbons (Fsp3) is 0.750. The molecule has 0 atom stereocenters. The first-order chi connectivity index (χ1) is 9.79. The third kappa shape index (κ3) is 5.16. The summed E-state index contributed by atoms with van der Waals surface area (Å²) in [5.74, 6) is 2.70. The molecule has 5 heteroatoms. The van der Waals surface area contributed by atoms with Gasteiger partial charge in [-0.15, -0.1) is 0 Å². The first kappa shape index (κ1) is 17.7. The van der Waals surface area contributed by atoms with Crippen LogP contribution in [0, 0.1) is 0 Å². The van der Waals surface area contributed by atoms with Gasteiger partial charge >= 0.3 is 0 Å². The molecule has 0 radical (unpaired) electrons. The maximum absolute atomic E-state index is 5.22. The fourth-order valence-electron chi connectivity index (χ4n) is 2.02. The van der Waals surface area contributed by atoms with Gasteiger partial charge in [0.25, 0.3) is 0 Å². The molecule has 0 unspecified atom stereocenters. The molecule has 0 fully saturated rings. The van der Waals surface area contributed by atoms with Crippen LogP contribution < -0.4 is 10.2 Å². The highest BCUT2D eigenvalue weighted by Crippen LogP contribution is 2.25. The minimum Gasteiger partial charge on any atom is -0.383 e. The van der Waals surface area contributed by atoms with E-state index in [-0.39, 0.29) is 5.41 Å². The van der Waals surface area contributed by atoms with Crippen LogP contribution in [0.15, 0.2) is 6.07 Å². The number of ether oxygens (including phenoxy) is 1. The molecule has 21 heavy (non-hydrogen) atoms. The highest BCUT2D eigenvalue weighted by Gasteiger charge is 2.21. The Labute approximate surface area is 129 Å². The Kier molecular flexibility index (Phi) is 6.40. The first-order valence-electron chi connectivity index (χ1n) is 7.68. The maximum atomic E-state index is 5.22. The topological polar surface area (TPSA) is 50.3 Å². The third-order valence-electron chi connectivity index (χ3n) is 3.20. The summed E-state index contributed by atoms with van der Waals surface area (Å²) in [4.78, 5) is 11.7. The Morgan fingerprint density at radius 2 is 1.95 bits per heavy atom. The van der Waals surface area contributed by atoms with E-state index in [9.17, 15) is 0 Å². The van der Waals surface area contributed by atoms with Gasteiger partial charge in [-0.05, 0) is 20.8 Å². The van der Waals surface area contributed by atoms with Crippen molar-refractivity contribution >= 4 is 11.6 Å². The molecule has 0 aliphatic heterocycles. The van der Waals surface area contributed by atoms with Crippen molar-refractivity contribution in [3.63, 3.8) is 0 Å². The van der Waals surface area contributed by atoms with Crippen LogP contribution in [0.2, 0.25) is 0 Å². The predicted molar refractivity (Wildman–Crippen MR) is 89.3 cm³/mol. The lowest BCUT2D eigenvalue weighted by atomic mass is 9.95. The SMILES string of the molecule is CCNc1cc(N(CCOC)C(C)C)nc(C(C)(C)C)n1. The molecule has 0 aliphatic rings. The zero-order valence-corrected chi connectivity index (χ0v) is 14.5. The summed E-state index contributed by atoms with van der Waals surface area (Å²) in [6, 6.07) is 2.38. The van der Waals surface area contributed by atoms with Crippen LogP contribution >= 0.6 is 0 Å². The largest absolute Gasteiger partial charge is 0.383 e. The Morgan fingerprint density at radius 1 is 1.29 bits per heavy atom. The monoisotopic (exact) mass is 294 g/mol. The lowest BCUT2D eigenvalue weighted by Crippen LogP contribution is -2.35. The molecule has 0 spiro atoms. The van der Waals surface area contributed by atoms with Crippen LogP contribution in [0.3, 0.4) is 0 Å². The van der Waals surface area contributed by atoms with Crippen molar-refractivity contribution in [2.45, 2.75) is 53.0 Å². The van der Waals surface area contributed by atoms with Gasteiger partial charge in [0, 0.05) is 37.7 Å². The number of nitrogens with one attached hydrogen (secondary N) is 1. The molecule has 120 valence electrons. The molecule has 0 aliphatic carbocycles. The summed E-state index contributed by atoms with van der Waals surface area (Å²) in [6.07, 6.45) is 0. The summed E-state index contributed by atoms with van der Waals surface area (Å²) in [6.45, 7) is 15.2. The number of rotatable bonds is 7. The molecule has 0 saturated carbocycles. The van der Waals surface area contributed by atoms with Crippen LogP contribution in [-0.2, 0) is 10.2 Å². The van der Waals surface area contributed by atoms with Gasteiger partial charge < -0.3 is 15.0 Å². The zero-order valence-electron chi connectivity index (χ0n) is 14.5. The molecule has 0 amide bonds. The Hall–Kier alpha value is -1.36. The molecule has 0 bridgehead atoms. The Bertz CT molecular complexity index is 440. The predicted octanol–water partition coefficient (Wildman–Crippen LogP) is 3.07. The normalized spacial score (nSPS) is 11.8. The second kappa shape index (κ2) is 7.59. The number of methoxy groups -OCH3 is 1. The second-order valence-corrected chi connectivity index (χ2v) is 6.50. The van der Waals surface area contributed by atoms with Gasteiger partial charge in [0.1, 0.15) is 17.5 Å². The van der Waals surface area contributed by atoms with E-state index in [1.54, 1.807) is 7.11 Å². The second-order valence-electron chi connectivity index (χ2n) is 6.50. The van der Waals surface area contributed by atoms with Crippen molar-refractivity contribution in [2.24, 2.45) is 0 Å². The van der Waals surface area contributed by atoms with Crippen molar-refractivity contribution in [1.82, 2.24) is 9.97 Å². The number of hydrogen-bond acceptors (Lipinski definition) is 5. The van der Waals surface area contributed by atoms with Crippen molar-refractivity contribution in [1.29, 1.82) is 0 Å². The van der Waals surface area contributed by atoms with E-state index >= 15 is 0 Å². The molecule has 1 aromatic heterocycles. The van der Waals surface area contributed by atoms with E-state index in [2.05, 4.69) is 56.7 Å². The minimum absolute atomic E-state index is 0.0793. The van der Waals surface area contributed by atoms with Gasteiger partial charge in [0.2, 0.25) is 0 Å². The Morgan fingerprint density at radius 3 is 2.43 bits per heavy atom. The van der Waals surface area contributed by atoms with E-state index in [0.29, 0.717) is 12.6 Å². The smallest absolute Gasteiger partial charge is 0.138 e. The zero-order chi connectivity index (χ0) is 16.0. The summed E-state index contributed by atoms with van der Waals surface area (Å²) in [5.41, 5.74) is -0.0793. The molecule has 1 rings (SSSR count). The van der Waals surface area contributed by atoms with E-state index in [1.165, 1.54) is 0 Å². The van der Waals surface area contributed by atoms with Gasteiger partial charge in [-0.1, -0.05) is 20.8 Å². The van der Waals surface area contributed by atoms with Crippen LogP contribution in [-0.4, -0.2) is 42.8 Å². The van der Waals surface area contributed by atoms with Crippen LogP contribution in [0.4, 0.5) is 11.6 Å². The van der Waals surface area contributed by atoms with Crippen LogP contribution in [0.1, 0.15) is 47.4 Å². The quantitative estimate of drug-likeness (QED) is 0.837. The third-order valence-corrected chi connectivity index (χ3v) is 3.20. The highest BCUT2D eigenvalue weighted by molar-refractivity contribution is 5.50. The van der Waals surface area contributed by atoms with Crippen LogP contribution in [0.5, 0.6) is 0 Å². The van der Waals surface area contributed by atoms with E-state index in [1.807, 2.05) is 6.07 Å². The number of nitrogens with zero attached hydrogens (tertiary/aromatic N) is 3. The molecule has 5 nitrogen and oxygen atoms in total. The average molecular weight is 294 g/mol. The minimum atomic E-state index is -0.0793. The van der Waals surface area contributed by atoms with Crippen molar-refractivity contribution in [2.75, 3.05) is 37.0 Å². The maximum Gasteiger partial charge on any atom is 0.138 e. The summed E-state index contributed by atoms with van der Waals surface area (Å²) < 4.78 is 5.22. The van der Waals surface area contributed by atoms with E-state index in [0.717, 1.165) is 30.5 Å². The lowest BCUT2D eigenvalue weighted by molar-refractivity contribution is 0.203. The molecule has 0 aromatic carbocycles. The van der Waals surface area contributed by atoms with E-state index in [4.69, 9.17) is 9.72 Å². The summed E-state index contributed by atoms with van der Waals surface area (Å²) in [7, 11) is 1.73. The van der Waals surface area contributed by atoms with Crippen LogP contribution in [0.25, 0.3) is 0 Å². The van der Waals surface area contributed by atoms with Gasteiger partial charge in [-0.25, -0.2) is 9.97 Å². The summed E-state index contributed by atoms with van der Waals surface area (Å²) >= 11 is 0. The molecule has 1 N–H and O–H groups in total. The number of hydrogen-bond donors (Lipinski definition) is 1. The molecular formula is C16H30N4O. The van der Waals surface area contributed by atoms with Gasteiger partial charge in [0.15, 0.2) is 0 Å². The van der Waals surface area contributed by atoms with Gasteiger partial charge in [-0.2, -0.15) is 0 Å².